The molecule has 0 unspecified atom stereocenters. The van der Waals surface area contributed by atoms with Gasteiger partial charge in [0.1, 0.15) is 18.5 Å². The molecule has 1 atom stereocenters. The molecule has 1 aliphatic heterocycles. The summed E-state index contributed by atoms with van der Waals surface area (Å²) in [6, 6.07) is 5.47. The molecule has 1 aromatic rings. The molecule has 0 bridgehead atoms. The van der Waals surface area contributed by atoms with E-state index >= 15 is 0 Å². The molecule has 0 aliphatic carbocycles. The minimum absolute atomic E-state index is 0.205. The molecule has 124 valence electrons. The second-order valence-corrected chi connectivity index (χ2v) is 6.18. The summed E-state index contributed by atoms with van der Waals surface area (Å²) in [6.45, 7) is 7.46. The predicted octanol–water partition coefficient (Wildman–Crippen LogP) is 0.998. The molecule has 0 spiro atoms. The van der Waals surface area contributed by atoms with Crippen LogP contribution in [-0.2, 0) is 0 Å². The number of ether oxygens (including phenoxy) is 1. The van der Waals surface area contributed by atoms with Gasteiger partial charge in [0.25, 0.3) is 0 Å². The minimum atomic E-state index is -0.514. The number of rotatable bonds is 7. The van der Waals surface area contributed by atoms with E-state index < -0.39 is 6.10 Å². The first-order valence-corrected chi connectivity index (χ1v) is 8.09. The lowest BCUT2D eigenvalue weighted by atomic mass is 10.2. The summed E-state index contributed by atoms with van der Waals surface area (Å²) >= 11 is 5.91. The van der Waals surface area contributed by atoms with Crippen LogP contribution in [0.3, 0.4) is 0 Å². The number of hydrogen-bond acceptors (Lipinski definition) is 5. The van der Waals surface area contributed by atoms with Crippen molar-refractivity contribution in [3.63, 3.8) is 0 Å². The molecule has 1 aliphatic rings. The first-order chi connectivity index (χ1) is 10.6. The van der Waals surface area contributed by atoms with E-state index in [-0.39, 0.29) is 13.2 Å². The Morgan fingerprint density at radius 1 is 1.23 bits per heavy atom. The average molecular weight is 329 g/mol. The van der Waals surface area contributed by atoms with E-state index in [1.807, 2.05) is 19.1 Å². The third kappa shape index (κ3) is 5.41. The maximum absolute atomic E-state index is 10.1. The van der Waals surface area contributed by atoms with Crippen LogP contribution in [0.25, 0.3) is 0 Å². The molecule has 6 heteroatoms. The van der Waals surface area contributed by atoms with Gasteiger partial charge in [0.2, 0.25) is 0 Å². The van der Waals surface area contributed by atoms with E-state index in [1.54, 1.807) is 6.07 Å². The molecule has 0 aromatic heterocycles. The fourth-order valence-electron chi connectivity index (χ4n) is 2.65. The summed E-state index contributed by atoms with van der Waals surface area (Å²) in [6.07, 6.45) is -0.514. The fourth-order valence-corrected chi connectivity index (χ4v) is 2.88. The van der Waals surface area contributed by atoms with E-state index in [2.05, 4.69) is 9.80 Å². The highest BCUT2D eigenvalue weighted by Crippen LogP contribution is 2.21. The van der Waals surface area contributed by atoms with E-state index in [0.29, 0.717) is 11.6 Å². The van der Waals surface area contributed by atoms with Gasteiger partial charge < -0.3 is 14.9 Å². The number of benzene rings is 1. The summed E-state index contributed by atoms with van der Waals surface area (Å²) in [5.41, 5.74) is 0.970. The highest BCUT2D eigenvalue weighted by molar-refractivity contribution is 6.30. The topological polar surface area (TPSA) is 56.2 Å². The fraction of sp³-hybridized carbons (Fsp3) is 0.625. The third-order valence-corrected chi connectivity index (χ3v) is 4.15. The van der Waals surface area contributed by atoms with Gasteiger partial charge in [-0.3, -0.25) is 9.80 Å². The molecule has 1 aromatic carbocycles. The van der Waals surface area contributed by atoms with Crippen LogP contribution in [0, 0.1) is 6.92 Å². The van der Waals surface area contributed by atoms with Gasteiger partial charge in [-0.15, -0.1) is 0 Å². The van der Waals surface area contributed by atoms with Gasteiger partial charge in [0, 0.05) is 44.3 Å². The molecule has 2 rings (SSSR count). The Kier molecular flexibility index (Phi) is 6.92. The molecule has 0 radical (unpaired) electrons. The number of halogens is 1. The quantitative estimate of drug-likeness (QED) is 0.782. The van der Waals surface area contributed by atoms with Crippen LogP contribution in [0.1, 0.15) is 5.56 Å². The van der Waals surface area contributed by atoms with Crippen LogP contribution in [0.5, 0.6) is 5.75 Å². The molecule has 22 heavy (non-hydrogen) atoms. The van der Waals surface area contributed by atoms with Gasteiger partial charge in [-0.25, -0.2) is 0 Å². The van der Waals surface area contributed by atoms with Gasteiger partial charge in [0.15, 0.2) is 0 Å². The number of β-amino-alcohol motifs (C(OH)–C–C–N with tert-alkyl or cyclic N) is 2. The van der Waals surface area contributed by atoms with Crippen LogP contribution in [0.15, 0.2) is 18.2 Å². The molecule has 1 fully saturated rings. The lowest BCUT2D eigenvalue weighted by Gasteiger charge is -2.35. The Bertz CT molecular complexity index is 465. The minimum Gasteiger partial charge on any atom is -0.491 e. The number of aryl methyl sites for hydroxylation is 1. The Morgan fingerprint density at radius 3 is 2.55 bits per heavy atom. The van der Waals surface area contributed by atoms with Gasteiger partial charge in [-0.1, -0.05) is 11.6 Å². The maximum Gasteiger partial charge on any atom is 0.122 e. The Morgan fingerprint density at radius 2 is 1.91 bits per heavy atom. The van der Waals surface area contributed by atoms with Crippen molar-refractivity contribution in [1.82, 2.24) is 9.80 Å². The SMILES string of the molecule is Cc1cc(Cl)ccc1OC[C@H](O)CN1CCN(CCO)CC1. The Labute approximate surface area is 137 Å². The van der Waals surface area contributed by atoms with Gasteiger partial charge >= 0.3 is 0 Å². The maximum atomic E-state index is 10.1. The number of hydrogen-bond donors (Lipinski definition) is 2. The van der Waals surface area contributed by atoms with Crippen molar-refractivity contribution in [2.45, 2.75) is 13.0 Å². The summed E-state index contributed by atoms with van der Waals surface area (Å²) in [5, 5.41) is 19.7. The smallest absolute Gasteiger partial charge is 0.122 e. The van der Waals surface area contributed by atoms with Crippen LogP contribution in [0.2, 0.25) is 5.02 Å². The molecular formula is C16H25ClN2O3. The van der Waals surface area contributed by atoms with Crippen molar-refractivity contribution in [3.8, 4) is 5.75 Å². The monoisotopic (exact) mass is 328 g/mol. The number of nitrogens with zero attached hydrogens (tertiary/aromatic N) is 2. The highest BCUT2D eigenvalue weighted by atomic mass is 35.5. The van der Waals surface area contributed by atoms with Crippen LogP contribution in [0.4, 0.5) is 0 Å². The molecule has 0 amide bonds. The van der Waals surface area contributed by atoms with Crippen molar-refractivity contribution in [3.05, 3.63) is 28.8 Å². The predicted molar refractivity (Wildman–Crippen MR) is 87.7 cm³/mol. The first-order valence-electron chi connectivity index (χ1n) is 7.71. The molecular weight excluding hydrogens is 304 g/mol. The van der Waals surface area contributed by atoms with Crippen molar-refractivity contribution in [1.29, 1.82) is 0 Å². The van der Waals surface area contributed by atoms with Crippen molar-refractivity contribution in [2.24, 2.45) is 0 Å². The normalized spacial score (nSPS) is 18.4. The molecule has 1 saturated heterocycles. The summed E-state index contributed by atoms with van der Waals surface area (Å²) < 4.78 is 5.68. The standard InChI is InChI=1S/C16H25ClN2O3/c1-13-10-14(17)2-3-16(13)22-12-15(21)11-19-6-4-18(5-7-19)8-9-20/h2-3,10,15,20-21H,4-9,11-12H2,1H3/t15-/m1/s1. The lowest BCUT2D eigenvalue weighted by Crippen LogP contribution is -2.49. The van der Waals surface area contributed by atoms with Crippen LogP contribution in [-0.4, -0.2) is 78.6 Å². The van der Waals surface area contributed by atoms with Crippen molar-refractivity contribution in [2.75, 3.05) is 52.5 Å². The lowest BCUT2D eigenvalue weighted by molar-refractivity contribution is 0.0427. The number of aliphatic hydroxyl groups excluding tert-OH is 2. The zero-order valence-corrected chi connectivity index (χ0v) is 13.8. The average Bonchev–Trinajstić information content (AvgIpc) is 2.49. The Balaban J connectivity index is 1.71. The van der Waals surface area contributed by atoms with E-state index in [1.165, 1.54) is 0 Å². The summed E-state index contributed by atoms with van der Waals surface area (Å²) in [4.78, 5) is 4.47. The summed E-state index contributed by atoms with van der Waals surface area (Å²) in [5.74, 6) is 0.760. The molecule has 1 heterocycles. The summed E-state index contributed by atoms with van der Waals surface area (Å²) in [7, 11) is 0. The zero-order valence-electron chi connectivity index (χ0n) is 13.0. The third-order valence-electron chi connectivity index (χ3n) is 3.92. The second-order valence-electron chi connectivity index (χ2n) is 5.74. The largest absolute Gasteiger partial charge is 0.491 e. The number of aliphatic hydroxyl groups is 2. The van der Waals surface area contributed by atoms with Crippen LogP contribution < -0.4 is 4.74 Å². The number of piperazine rings is 1. The first kappa shape index (κ1) is 17.5. The zero-order chi connectivity index (χ0) is 15.9. The second kappa shape index (κ2) is 8.70. The van der Waals surface area contributed by atoms with Gasteiger partial charge in [-0.05, 0) is 30.7 Å². The van der Waals surface area contributed by atoms with E-state index in [4.69, 9.17) is 21.4 Å². The van der Waals surface area contributed by atoms with Crippen molar-refractivity contribution < 1.29 is 14.9 Å². The van der Waals surface area contributed by atoms with Crippen LogP contribution >= 0.6 is 11.6 Å². The molecule has 2 N–H and O–H groups in total. The van der Waals surface area contributed by atoms with Crippen molar-refractivity contribution >= 4 is 11.6 Å². The molecule has 5 nitrogen and oxygen atoms in total. The Hall–Kier alpha value is -0.850. The van der Waals surface area contributed by atoms with Gasteiger partial charge in [-0.2, -0.15) is 0 Å². The van der Waals surface area contributed by atoms with E-state index in [0.717, 1.165) is 44.0 Å². The highest BCUT2D eigenvalue weighted by Gasteiger charge is 2.19. The van der Waals surface area contributed by atoms with E-state index in [9.17, 15) is 5.11 Å². The van der Waals surface area contributed by atoms with Gasteiger partial charge in [0.05, 0.1) is 6.61 Å². The molecule has 0 saturated carbocycles.